The summed E-state index contributed by atoms with van der Waals surface area (Å²) in [4.78, 5) is 23.9. The highest BCUT2D eigenvalue weighted by Gasteiger charge is 2.27. The van der Waals surface area contributed by atoms with E-state index in [1.165, 1.54) is 6.08 Å². The van der Waals surface area contributed by atoms with Crippen LogP contribution in [0.1, 0.15) is 31.7 Å². The van der Waals surface area contributed by atoms with Crippen LogP contribution < -0.4 is 0 Å². The van der Waals surface area contributed by atoms with Gasteiger partial charge in [0.1, 0.15) is 0 Å². The van der Waals surface area contributed by atoms with Gasteiger partial charge in [-0.15, -0.1) is 12.3 Å². The number of hydrogen-bond donors (Lipinski definition) is 0. The highest BCUT2D eigenvalue weighted by Crippen LogP contribution is 2.22. The van der Waals surface area contributed by atoms with E-state index in [4.69, 9.17) is 15.9 Å². The third-order valence-corrected chi connectivity index (χ3v) is 3.18. The maximum Gasteiger partial charge on any atom is 0.324 e. The zero-order valence-corrected chi connectivity index (χ0v) is 13.5. The van der Waals surface area contributed by atoms with E-state index in [2.05, 4.69) is 5.92 Å². The van der Waals surface area contributed by atoms with Crippen molar-refractivity contribution in [2.45, 2.75) is 26.2 Å². The molecule has 0 aliphatic rings. The summed E-state index contributed by atoms with van der Waals surface area (Å²) in [6.45, 7) is 3.79. The Labute approximate surface area is 137 Å². The Hall–Kier alpha value is -2.54. The molecule has 4 heteroatoms. The van der Waals surface area contributed by atoms with Crippen LogP contribution in [0.5, 0.6) is 0 Å². The molecule has 0 fully saturated rings. The molecule has 0 bridgehead atoms. The van der Waals surface area contributed by atoms with E-state index in [0.29, 0.717) is 6.42 Å². The van der Waals surface area contributed by atoms with E-state index in [9.17, 15) is 9.59 Å². The molecule has 1 atom stereocenters. The van der Waals surface area contributed by atoms with Crippen LogP contribution in [0, 0.1) is 18.3 Å². The second kappa shape index (κ2) is 10.2. The molecule has 0 aliphatic heterocycles. The largest absolute Gasteiger partial charge is 0.465 e. The van der Waals surface area contributed by atoms with Crippen molar-refractivity contribution in [3.8, 4) is 12.3 Å². The lowest BCUT2D eigenvalue weighted by Crippen LogP contribution is -2.26. The highest BCUT2D eigenvalue weighted by atomic mass is 16.6. The maximum atomic E-state index is 12.0. The molecule has 0 spiro atoms. The molecule has 0 radical (unpaired) electrons. The van der Waals surface area contributed by atoms with Gasteiger partial charge < -0.3 is 9.47 Å². The molecule has 1 aromatic rings. The fourth-order valence-corrected chi connectivity index (χ4v) is 2.09. The minimum Gasteiger partial charge on any atom is -0.465 e. The van der Waals surface area contributed by atoms with E-state index in [1.807, 2.05) is 30.3 Å². The number of esters is 2. The Bertz CT molecular complexity index is 551. The molecule has 0 saturated heterocycles. The summed E-state index contributed by atoms with van der Waals surface area (Å²) in [7, 11) is 0. The van der Waals surface area contributed by atoms with Crippen LogP contribution in [0.15, 0.2) is 42.5 Å². The monoisotopic (exact) mass is 314 g/mol. The fourth-order valence-electron chi connectivity index (χ4n) is 2.09. The highest BCUT2D eigenvalue weighted by molar-refractivity contribution is 5.97. The number of carbonyl (C=O) groups excluding carboxylic acids is 2. The summed E-state index contributed by atoms with van der Waals surface area (Å²) >= 11 is 0. The third-order valence-electron chi connectivity index (χ3n) is 3.18. The van der Waals surface area contributed by atoms with Crippen molar-refractivity contribution in [2.24, 2.45) is 5.92 Å². The summed E-state index contributed by atoms with van der Waals surface area (Å²) in [5.41, 5.74) is 1.02. The van der Waals surface area contributed by atoms with Crippen LogP contribution in [-0.2, 0) is 19.1 Å². The van der Waals surface area contributed by atoms with Crippen molar-refractivity contribution in [3.05, 3.63) is 48.0 Å². The molecule has 0 N–H and O–H groups in total. The standard InChI is InChI=1S/C19H22O4/c1-4-10-15(16-11-8-7-9-12-16)13-14-17(18(20)22-5-2)19(21)23-6-3/h1,7-9,11-15,17H,5-6,10H2,2-3H3/b14-13+. The van der Waals surface area contributed by atoms with Gasteiger partial charge in [0.2, 0.25) is 0 Å². The molecule has 0 saturated carbocycles. The van der Waals surface area contributed by atoms with Gasteiger partial charge in [-0.3, -0.25) is 9.59 Å². The van der Waals surface area contributed by atoms with Crippen LogP contribution in [0.4, 0.5) is 0 Å². The molecule has 0 aliphatic carbocycles. The Balaban J connectivity index is 2.97. The molecule has 122 valence electrons. The summed E-state index contributed by atoms with van der Waals surface area (Å²) in [6.07, 6.45) is 9.18. The quantitative estimate of drug-likeness (QED) is 0.320. The van der Waals surface area contributed by atoms with Crippen LogP contribution in [0.2, 0.25) is 0 Å². The Kier molecular flexibility index (Phi) is 8.23. The van der Waals surface area contributed by atoms with E-state index in [-0.39, 0.29) is 19.1 Å². The van der Waals surface area contributed by atoms with Gasteiger partial charge in [0.25, 0.3) is 0 Å². The first-order valence-corrected chi connectivity index (χ1v) is 7.64. The number of ether oxygens (including phenoxy) is 2. The molecule has 1 unspecified atom stereocenters. The summed E-state index contributed by atoms with van der Waals surface area (Å²) < 4.78 is 9.88. The van der Waals surface area contributed by atoms with Gasteiger partial charge in [-0.05, 0) is 19.4 Å². The normalized spacial score (nSPS) is 11.9. The second-order valence-corrected chi connectivity index (χ2v) is 4.79. The zero-order valence-electron chi connectivity index (χ0n) is 13.5. The van der Waals surface area contributed by atoms with Crippen molar-refractivity contribution < 1.29 is 19.1 Å². The molecule has 0 amide bonds. The van der Waals surface area contributed by atoms with Crippen molar-refractivity contribution in [1.82, 2.24) is 0 Å². The number of terminal acetylenes is 1. The summed E-state index contributed by atoms with van der Waals surface area (Å²) in [5, 5.41) is 0. The van der Waals surface area contributed by atoms with Gasteiger partial charge in [0, 0.05) is 12.3 Å². The average Bonchev–Trinajstić information content (AvgIpc) is 2.55. The lowest BCUT2D eigenvalue weighted by atomic mass is 9.94. The van der Waals surface area contributed by atoms with E-state index in [1.54, 1.807) is 19.9 Å². The van der Waals surface area contributed by atoms with Gasteiger partial charge in [0.05, 0.1) is 13.2 Å². The minimum atomic E-state index is -1.07. The van der Waals surface area contributed by atoms with Gasteiger partial charge in [-0.2, -0.15) is 0 Å². The van der Waals surface area contributed by atoms with Crippen LogP contribution in [0.25, 0.3) is 0 Å². The number of rotatable bonds is 8. The maximum absolute atomic E-state index is 12.0. The second-order valence-electron chi connectivity index (χ2n) is 4.79. The van der Waals surface area contributed by atoms with Crippen molar-refractivity contribution in [1.29, 1.82) is 0 Å². The molecule has 0 heterocycles. The first-order valence-electron chi connectivity index (χ1n) is 7.64. The number of hydrogen-bond acceptors (Lipinski definition) is 4. The predicted molar refractivity (Wildman–Crippen MR) is 88.5 cm³/mol. The molecule has 4 nitrogen and oxygen atoms in total. The number of benzene rings is 1. The van der Waals surface area contributed by atoms with Gasteiger partial charge in [-0.25, -0.2) is 0 Å². The smallest absolute Gasteiger partial charge is 0.324 e. The summed E-state index contributed by atoms with van der Waals surface area (Å²) in [5.74, 6) is 0.236. The average molecular weight is 314 g/mol. The lowest BCUT2D eigenvalue weighted by Gasteiger charge is -2.13. The SMILES string of the molecule is C#CCC(/C=C/C(C(=O)OCC)C(=O)OCC)c1ccccc1. The van der Waals surface area contributed by atoms with Gasteiger partial charge >= 0.3 is 11.9 Å². The van der Waals surface area contributed by atoms with Crippen molar-refractivity contribution >= 4 is 11.9 Å². The van der Waals surface area contributed by atoms with Gasteiger partial charge in [0.15, 0.2) is 5.92 Å². The topological polar surface area (TPSA) is 52.6 Å². The minimum absolute atomic E-state index is 0.0763. The molecule has 1 aromatic carbocycles. The number of carbonyl (C=O) groups is 2. The van der Waals surface area contributed by atoms with Crippen molar-refractivity contribution in [3.63, 3.8) is 0 Å². The molecular weight excluding hydrogens is 292 g/mol. The molecule has 23 heavy (non-hydrogen) atoms. The van der Waals surface area contributed by atoms with Gasteiger partial charge in [-0.1, -0.05) is 42.5 Å². The molecular formula is C19H22O4. The Morgan fingerprint density at radius 3 is 2.13 bits per heavy atom. The fraction of sp³-hybridized carbons (Fsp3) is 0.368. The zero-order chi connectivity index (χ0) is 17.1. The van der Waals surface area contributed by atoms with E-state index < -0.39 is 17.9 Å². The van der Waals surface area contributed by atoms with Crippen LogP contribution in [0.3, 0.4) is 0 Å². The predicted octanol–water partition coefficient (Wildman–Crippen LogP) is 3.09. The lowest BCUT2D eigenvalue weighted by molar-refractivity contribution is -0.158. The molecule has 0 aromatic heterocycles. The Morgan fingerprint density at radius 1 is 1.09 bits per heavy atom. The summed E-state index contributed by atoms with van der Waals surface area (Å²) in [6, 6.07) is 9.66. The van der Waals surface area contributed by atoms with Crippen LogP contribution >= 0.6 is 0 Å². The molecule has 1 rings (SSSR count). The first kappa shape index (κ1) is 18.5. The van der Waals surface area contributed by atoms with E-state index in [0.717, 1.165) is 5.56 Å². The first-order chi connectivity index (χ1) is 11.1. The third kappa shape index (κ3) is 5.99. The van der Waals surface area contributed by atoms with E-state index >= 15 is 0 Å². The van der Waals surface area contributed by atoms with Crippen molar-refractivity contribution in [2.75, 3.05) is 13.2 Å². The Morgan fingerprint density at radius 2 is 1.65 bits per heavy atom. The number of allylic oxidation sites excluding steroid dienone is 1. The van der Waals surface area contributed by atoms with Crippen LogP contribution in [-0.4, -0.2) is 25.2 Å².